The number of carbonyl (C=O) groups excluding carboxylic acids is 2. The lowest BCUT2D eigenvalue weighted by atomic mass is 9.95. The fourth-order valence-electron chi connectivity index (χ4n) is 4.00. The third-order valence-electron chi connectivity index (χ3n) is 5.78. The molecule has 0 spiro atoms. The van der Waals surface area contributed by atoms with Crippen LogP contribution in [-0.2, 0) is 16.0 Å². The SMILES string of the molecule is COc1ccc([C@@H]2/C(=C(\O)c3ccc(C)cc3)C(=O)C(=O)N2CCc2ccccc2)cc1. The Bertz CT molecular complexity index is 1150. The van der Waals surface area contributed by atoms with Crippen molar-refractivity contribution in [3.63, 3.8) is 0 Å². The topological polar surface area (TPSA) is 66.8 Å². The molecule has 3 aromatic rings. The molecule has 1 heterocycles. The van der Waals surface area contributed by atoms with E-state index in [1.165, 1.54) is 0 Å². The van der Waals surface area contributed by atoms with E-state index in [0.717, 1.165) is 16.7 Å². The Morgan fingerprint density at radius 3 is 2.22 bits per heavy atom. The molecule has 1 aliphatic rings. The number of aryl methyl sites for hydroxylation is 1. The molecule has 0 radical (unpaired) electrons. The molecule has 0 bridgehead atoms. The maximum atomic E-state index is 13.1. The van der Waals surface area contributed by atoms with Gasteiger partial charge in [0.2, 0.25) is 0 Å². The maximum absolute atomic E-state index is 13.1. The van der Waals surface area contributed by atoms with Crippen molar-refractivity contribution in [2.75, 3.05) is 13.7 Å². The molecular weight excluding hydrogens is 402 g/mol. The molecule has 32 heavy (non-hydrogen) atoms. The minimum atomic E-state index is -0.675. The third kappa shape index (κ3) is 4.14. The van der Waals surface area contributed by atoms with Crippen LogP contribution >= 0.6 is 0 Å². The summed E-state index contributed by atoms with van der Waals surface area (Å²) in [6.07, 6.45) is 0.602. The lowest BCUT2D eigenvalue weighted by molar-refractivity contribution is -0.139. The minimum Gasteiger partial charge on any atom is -0.507 e. The Balaban J connectivity index is 1.77. The number of aliphatic hydroxyl groups is 1. The molecule has 1 atom stereocenters. The fraction of sp³-hybridized carbons (Fsp3) is 0.185. The van der Waals surface area contributed by atoms with Crippen molar-refractivity contribution in [3.8, 4) is 5.75 Å². The molecule has 0 aromatic heterocycles. The first-order valence-electron chi connectivity index (χ1n) is 10.5. The van der Waals surface area contributed by atoms with E-state index in [0.29, 0.717) is 24.3 Å². The van der Waals surface area contributed by atoms with E-state index >= 15 is 0 Å². The van der Waals surface area contributed by atoms with Gasteiger partial charge in [-0.05, 0) is 36.6 Å². The standard InChI is InChI=1S/C27H25NO4/c1-18-8-10-21(11-9-18)25(29)23-24(20-12-14-22(32-2)15-13-20)28(27(31)26(23)30)17-16-19-6-4-3-5-7-19/h3-15,24,29H,16-17H2,1-2H3/b25-23+/t24-/m1/s1. The number of likely N-dealkylation sites (tertiary alicyclic amines) is 1. The highest BCUT2D eigenvalue weighted by atomic mass is 16.5. The van der Waals surface area contributed by atoms with Gasteiger partial charge in [-0.2, -0.15) is 0 Å². The van der Waals surface area contributed by atoms with Crippen LogP contribution in [0.15, 0.2) is 84.4 Å². The van der Waals surface area contributed by atoms with Crippen molar-refractivity contribution < 1.29 is 19.4 Å². The Morgan fingerprint density at radius 1 is 0.938 bits per heavy atom. The number of hydrogen-bond donors (Lipinski definition) is 1. The second-order valence-corrected chi connectivity index (χ2v) is 7.87. The van der Waals surface area contributed by atoms with Gasteiger partial charge in [0, 0.05) is 12.1 Å². The Labute approximate surface area is 187 Å². The first kappa shape index (κ1) is 21.4. The Hall–Kier alpha value is -3.86. The van der Waals surface area contributed by atoms with E-state index in [4.69, 9.17) is 4.74 Å². The van der Waals surface area contributed by atoms with Crippen LogP contribution in [-0.4, -0.2) is 35.4 Å². The number of methoxy groups -OCH3 is 1. The molecule has 1 N–H and O–H groups in total. The zero-order valence-corrected chi connectivity index (χ0v) is 18.1. The number of aliphatic hydroxyl groups excluding tert-OH is 1. The van der Waals surface area contributed by atoms with Crippen molar-refractivity contribution >= 4 is 17.4 Å². The quantitative estimate of drug-likeness (QED) is 0.353. The van der Waals surface area contributed by atoms with Crippen molar-refractivity contribution in [2.24, 2.45) is 0 Å². The Morgan fingerprint density at radius 2 is 1.59 bits per heavy atom. The number of ketones is 1. The van der Waals surface area contributed by atoms with Crippen LogP contribution in [0.1, 0.15) is 28.3 Å². The van der Waals surface area contributed by atoms with Gasteiger partial charge < -0.3 is 14.7 Å². The maximum Gasteiger partial charge on any atom is 0.295 e. The average molecular weight is 428 g/mol. The van der Waals surface area contributed by atoms with Crippen LogP contribution in [0.5, 0.6) is 5.75 Å². The first-order chi connectivity index (χ1) is 15.5. The molecule has 0 saturated carbocycles. The van der Waals surface area contributed by atoms with Gasteiger partial charge >= 0.3 is 0 Å². The Kier molecular flexibility index (Phi) is 6.08. The van der Waals surface area contributed by atoms with Gasteiger partial charge in [0.1, 0.15) is 11.5 Å². The number of Topliss-reactive ketones (excluding diaryl/α,β-unsaturated/α-hetero) is 1. The van der Waals surface area contributed by atoms with Crippen molar-refractivity contribution in [1.82, 2.24) is 4.90 Å². The molecule has 1 amide bonds. The second kappa shape index (κ2) is 9.10. The number of ether oxygens (including phenoxy) is 1. The fourth-order valence-corrected chi connectivity index (χ4v) is 4.00. The largest absolute Gasteiger partial charge is 0.507 e. The number of benzene rings is 3. The average Bonchev–Trinajstić information content (AvgIpc) is 3.08. The highest BCUT2D eigenvalue weighted by Gasteiger charge is 2.45. The van der Waals surface area contributed by atoms with Gasteiger partial charge in [0.25, 0.3) is 11.7 Å². The molecule has 5 nitrogen and oxygen atoms in total. The van der Waals surface area contributed by atoms with Crippen molar-refractivity contribution in [3.05, 3.63) is 107 Å². The summed E-state index contributed by atoms with van der Waals surface area (Å²) in [5.74, 6) is -0.757. The van der Waals surface area contributed by atoms with E-state index in [2.05, 4.69) is 0 Å². The summed E-state index contributed by atoms with van der Waals surface area (Å²) in [6, 6.07) is 23.6. The molecule has 1 fully saturated rings. The van der Waals surface area contributed by atoms with E-state index in [9.17, 15) is 14.7 Å². The predicted octanol–water partition coefficient (Wildman–Crippen LogP) is 4.67. The number of carbonyl (C=O) groups is 2. The normalized spacial score (nSPS) is 17.6. The molecule has 1 aliphatic heterocycles. The summed E-state index contributed by atoms with van der Waals surface area (Å²) in [5.41, 5.74) is 3.47. The number of amides is 1. The molecule has 4 rings (SSSR count). The van der Waals surface area contributed by atoms with E-state index in [1.54, 1.807) is 36.3 Å². The zero-order chi connectivity index (χ0) is 22.7. The lowest BCUT2D eigenvalue weighted by Crippen LogP contribution is -2.31. The first-order valence-corrected chi connectivity index (χ1v) is 10.5. The van der Waals surface area contributed by atoms with Crippen LogP contribution in [0.25, 0.3) is 5.76 Å². The van der Waals surface area contributed by atoms with E-state index in [1.807, 2.05) is 61.5 Å². The highest BCUT2D eigenvalue weighted by Crippen LogP contribution is 2.39. The molecular formula is C27H25NO4. The van der Waals surface area contributed by atoms with Crippen LogP contribution in [0.2, 0.25) is 0 Å². The number of hydrogen-bond acceptors (Lipinski definition) is 4. The van der Waals surface area contributed by atoms with E-state index in [-0.39, 0.29) is 11.3 Å². The summed E-state index contributed by atoms with van der Waals surface area (Å²) < 4.78 is 5.25. The van der Waals surface area contributed by atoms with Crippen LogP contribution < -0.4 is 4.74 Å². The summed E-state index contributed by atoms with van der Waals surface area (Å²) >= 11 is 0. The second-order valence-electron chi connectivity index (χ2n) is 7.87. The van der Waals surface area contributed by atoms with Crippen LogP contribution in [0.3, 0.4) is 0 Å². The van der Waals surface area contributed by atoms with Gasteiger partial charge in [0.15, 0.2) is 0 Å². The van der Waals surface area contributed by atoms with Crippen molar-refractivity contribution in [2.45, 2.75) is 19.4 Å². The van der Waals surface area contributed by atoms with Gasteiger partial charge in [-0.3, -0.25) is 9.59 Å². The molecule has 0 unspecified atom stereocenters. The van der Waals surface area contributed by atoms with Crippen LogP contribution in [0.4, 0.5) is 0 Å². The summed E-state index contributed by atoms with van der Waals surface area (Å²) in [5, 5.41) is 11.1. The van der Waals surface area contributed by atoms with Crippen LogP contribution in [0, 0.1) is 6.92 Å². The molecule has 3 aromatic carbocycles. The highest BCUT2D eigenvalue weighted by molar-refractivity contribution is 6.46. The van der Waals surface area contributed by atoms with Gasteiger partial charge in [-0.25, -0.2) is 0 Å². The molecule has 1 saturated heterocycles. The van der Waals surface area contributed by atoms with Gasteiger partial charge in [-0.1, -0.05) is 72.3 Å². The van der Waals surface area contributed by atoms with Gasteiger partial charge in [0.05, 0.1) is 18.7 Å². The zero-order valence-electron chi connectivity index (χ0n) is 18.1. The van der Waals surface area contributed by atoms with Crippen molar-refractivity contribution in [1.29, 1.82) is 0 Å². The smallest absolute Gasteiger partial charge is 0.295 e. The molecule has 162 valence electrons. The molecule has 5 heteroatoms. The monoisotopic (exact) mass is 427 g/mol. The summed E-state index contributed by atoms with van der Waals surface area (Å²) in [7, 11) is 1.58. The summed E-state index contributed by atoms with van der Waals surface area (Å²) in [4.78, 5) is 27.7. The molecule has 0 aliphatic carbocycles. The third-order valence-corrected chi connectivity index (χ3v) is 5.78. The van der Waals surface area contributed by atoms with Gasteiger partial charge in [-0.15, -0.1) is 0 Å². The lowest BCUT2D eigenvalue weighted by Gasteiger charge is -2.25. The van der Waals surface area contributed by atoms with E-state index < -0.39 is 17.7 Å². The number of rotatable bonds is 6. The minimum absolute atomic E-state index is 0.108. The predicted molar refractivity (Wildman–Crippen MR) is 123 cm³/mol. The summed E-state index contributed by atoms with van der Waals surface area (Å²) in [6.45, 7) is 2.31. The number of nitrogens with zero attached hydrogens (tertiary/aromatic N) is 1.